The van der Waals surface area contributed by atoms with Gasteiger partial charge in [0.25, 0.3) is 5.91 Å². The van der Waals surface area contributed by atoms with Gasteiger partial charge in [0.15, 0.2) is 0 Å². The van der Waals surface area contributed by atoms with Crippen molar-refractivity contribution in [1.82, 2.24) is 5.32 Å². The Morgan fingerprint density at radius 3 is 2.30 bits per heavy atom. The van der Waals surface area contributed by atoms with Gasteiger partial charge in [-0.2, -0.15) is 5.26 Å². The van der Waals surface area contributed by atoms with E-state index in [0.29, 0.717) is 29.4 Å². The Morgan fingerprint density at radius 2 is 1.70 bits per heavy atom. The van der Waals surface area contributed by atoms with Crippen LogP contribution >= 0.6 is 11.6 Å². The van der Waals surface area contributed by atoms with E-state index in [2.05, 4.69) is 16.0 Å². The number of carbonyl (C=O) groups excluding carboxylic acids is 2. The van der Waals surface area contributed by atoms with Gasteiger partial charge in [-0.05, 0) is 42.3 Å². The van der Waals surface area contributed by atoms with Crippen LogP contribution in [0.4, 0.5) is 11.4 Å². The average molecular weight is 383 g/mol. The molecule has 0 atom stereocenters. The number of nitrogens with zero attached hydrogens (tertiary/aromatic N) is 1. The highest BCUT2D eigenvalue weighted by molar-refractivity contribution is 6.31. The molecule has 0 fully saturated rings. The highest BCUT2D eigenvalue weighted by atomic mass is 35.5. The standard InChI is InChI=1S/C20H19ClN4O2/c1-14(26)24-17-6-8-18(9-7-17)25-20(27)16(12-22)13-23-11-10-15-4-2-3-5-19(15)21/h2-9,13,23H,10-11H2,1H3,(H,24,26)(H,25,27)/b16-13-. The monoisotopic (exact) mass is 382 g/mol. The SMILES string of the molecule is CC(=O)Nc1ccc(NC(=O)/C(C#N)=C\NCCc2ccccc2Cl)cc1. The van der Waals surface area contributed by atoms with Crippen molar-refractivity contribution in [3.63, 3.8) is 0 Å². The molecule has 3 N–H and O–H groups in total. The number of hydrogen-bond acceptors (Lipinski definition) is 4. The summed E-state index contributed by atoms with van der Waals surface area (Å²) in [7, 11) is 0. The van der Waals surface area contributed by atoms with E-state index in [1.807, 2.05) is 30.3 Å². The third-order valence-electron chi connectivity index (χ3n) is 3.57. The van der Waals surface area contributed by atoms with Crippen molar-refractivity contribution in [3.05, 3.63) is 70.9 Å². The summed E-state index contributed by atoms with van der Waals surface area (Å²) >= 11 is 6.09. The van der Waals surface area contributed by atoms with Crippen LogP contribution in [0, 0.1) is 11.3 Å². The molecule has 0 aliphatic carbocycles. The van der Waals surface area contributed by atoms with E-state index in [0.717, 1.165) is 5.56 Å². The van der Waals surface area contributed by atoms with Gasteiger partial charge in [0.2, 0.25) is 5.91 Å². The van der Waals surface area contributed by atoms with Crippen LogP contribution in [0.15, 0.2) is 60.3 Å². The zero-order valence-electron chi connectivity index (χ0n) is 14.8. The molecule has 2 aromatic rings. The van der Waals surface area contributed by atoms with Gasteiger partial charge in [-0.25, -0.2) is 0 Å². The Bertz CT molecular complexity index is 886. The smallest absolute Gasteiger partial charge is 0.267 e. The molecule has 2 rings (SSSR count). The summed E-state index contributed by atoms with van der Waals surface area (Å²) in [5.41, 5.74) is 2.09. The molecule has 0 bridgehead atoms. The lowest BCUT2D eigenvalue weighted by molar-refractivity contribution is -0.114. The molecule has 0 unspecified atom stereocenters. The summed E-state index contributed by atoms with van der Waals surface area (Å²) in [4.78, 5) is 23.2. The van der Waals surface area contributed by atoms with Gasteiger partial charge in [0, 0.05) is 36.1 Å². The summed E-state index contributed by atoms with van der Waals surface area (Å²) < 4.78 is 0. The number of anilines is 2. The largest absolute Gasteiger partial charge is 0.389 e. The Labute approximate surface area is 162 Å². The van der Waals surface area contributed by atoms with Crippen LogP contribution in [0.5, 0.6) is 0 Å². The molecule has 0 aromatic heterocycles. The second kappa shape index (κ2) is 10.00. The summed E-state index contributed by atoms with van der Waals surface area (Å²) in [6, 6.07) is 16.0. The Morgan fingerprint density at radius 1 is 1.07 bits per heavy atom. The first-order valence-electron chi connectivity index (χ1n) is 8.25. The summed E-state index contributed by atoms with van der Waals surface area (Å²) in [6.07, 6.45) is 2.05. The fraction of sp³-hybridized carbons (Fsp3) is 0.150. The maximum atomic E-state index is 12.2. The maximum Gasteiger partial charge on any atom is 0.267 e. The van der Waals surface area contributed by atoms with Crippen molar-refractivity contribution in [3.8, 4) is 6.07 Å². The lowest BCUT2D eigenvalue weighted by atomic mass is 10.1. The van der Waals surface area contributed by atoms with Gasteiger partial charge in [0.05, 0.1) is 0 Å². The zero-order chi connectivity index (χ0) is 19.6. The highest BCUT2D eigenvalue weighted by Gasteiger charge is 2.09. The molecular weight excluding hydrogens is 364 g/mol. The second-order valence-electron chi connectivity index (χ2n) is 5.68. The van der Waals surface area contributed by atoms with Crippen molar-refractivity contribution in [2.45, 2.75) is 13.3 Å². The number of nitriles is 1. The number of hydrogen-bond donors (Lipinski definition) is 3. The average Bonchev–Trinajstić information content (AvgIpc) is 2.64. The number of halogens is 1. The fourth-order valence-corrected chi connectivity index (χ4v) is 2.50. The third-order valence-corrected chi connectivity index (χ3v) is 3.94. The molecule has 0 saturated heterocycles. The molecule has 138 valence electrons. The number of benzene rings is 2. The number of rotatable bonds is 7. The second-order valence-corrected chi connectivity index (χ2v) is 6.09. The fourth-order valence-electron chi connectivity index (χ4n) is 2.27. The Hall–Kier alpha value is -3.30. The molecule has 6 nitrogen and oxygen atoms in total. The zero-order valence-corrected chi connectivity index (χ0v) is 15.5. The highest BCUT2D eigenvalue weighted by Crippen LogP contribution is 2.15. The minimum atomic E-state index is -0.518. The Kier molecular flexibility index (Phi) is 7.41. The van der Waals surface area contributed by atoms with Crippen LogP contribution in [-0.4, -0.2) is 18.4 Å². The summed E-state index contributed by atoms with van der Waals surface area (Å²) in [5.74, 6) is -0.695. The van der Waals surface area contributed by atoms with E-state index in [1.165, 1.54) is 13.1 Å². The third kappa shape index (κ3) is 6.49. The Balaban J connectivity index is 1.89. The van der Waals surface area contributed by atoms with Gasteiger partial charge in [-0.3, -0.25) is 9.59 Å². The predicted octanol–water partition coefficient (Wildman–Crippen LogP) is 3.48. The molecule has 7 heteroatoms. The molecule has 27 heavy (non-hydrogen) atoms. The van der Waals surface area contributed by atoms with Gasteiger partial charge >= 0.3 is 0 Å². The molecule has 0 spiro atoms. The van der Waals surface area contributed by atoms with Crippen molar-refractivity contribution in [2.24, 2.45) is 0 Å². The first kappa shape index (κ1) is 20.0. The van der Waals surface area contributed by atoms with Crippen LogP contribution in [0.1, 0.15) is 12.5 Å². The van der Waals surface area contributed by atoms with Crippen molar-refractivity contribution in [1.29, 1.82) is 5.26 Å². The first-order valence-corrected chi connectivity index (χ1v) is 8.63. The normalized spacial score (nSPS) is 10.6. The summed E-state index contributed by atoms with van der Waals surface area (Å²) in [5, 5.41) is 18.1. The molecular formula is C20H19ClN4O2. The molecule has 2 amide bonds. The topological polar surface area (TPSA) is 94.0 Å². The van der Waals surface area contributed by atoms with Gasteiger partial charge < -0.3 is 16.0 Å². The van der Waals surface area contributed by atoms with Crippen LogP contribution in [0.25, 0.3) is 0 Å². The van der Waals surface area contributed by atoms with E-state index >= 15 is 0 Å². The van der Waals surface area contributed by atoms with E-state index in [4.69, 9.17) is 11.6 Å². The van der Waals surface area contributed by atoms with E-state index in [1.54, 1.807) is 24.3 Å². The molecule has 0 saturated carbocycles. The van der Waals surface area contributed by atoms with Gasteiger partial charge in [-0.1, -0.05) is 29.8 Å². The lowest BCUT2D eigenvalue weighted by Gasteiger charge is -2.07. The van der Waals surface area contributed by atoms with E-state index in [9.17, 15) is 14.9 Å². The van der Waals surface area contributed by atoms with Crippen LogP contribution in [-0.2, 0) is 16.0 Å². The van der Waals surface area contributed by atoms with Gasteiger partial charge in [-0.15, -0.1) is 0 Å². The molecule has 0 aliphatic heterocycles. The number of nitrogens with one attached hydrogen (secondary N) is 3. The minimum Gasteiger partial charge on any atom is -0.389 e. The van der Waals surface area contributed by atoms with Crippen LogP contribution in [0.2, 0.25) is 5.02 Å². The van der Waals surface area contributed by atoms with E-state index in [-0.39, 0.29) is 11.5 Å². The van der Waals surface area contributed by atoms with Crippen molar-refractivity contribution < 1.29 is 9.59 Å². The summed E-state index contributed by atoms with van der Waals surface area (Å²) in [6.45, 7) is 1.95. The number of carbonyl (C=O) groups is 2. The quantitative estimate of drug-likeness (QED) is 0.388. The molecule has 0 aliphatic rings. The van der Waals surface area contributed by atoms with Crippen molar-refractivity contribution >= 4 is 34.8 Å². The molecule has 2 aromatic carbocycles. The lowest BCUT2D eigenvalue weighted by Crippen LogP contribution is -2.18. The van der Waals surface area contributed by atoms with E-state index < -0.39 is 5.91 Å². The minimum absolute atomic E-state index is 0.0416. The first-order chi connectivity index (χ1) is 13.0. The van der Waals surface area contributed by atoms with Gasteiger partial charge in [0.1, 0.15) is 11.6 Å². The van der Waals surface area contributed by atoms with Crippen LogP contribution in [0.3, 0.4) is 0 Å². The molecule has 0 radical (unpaired) electrons. The van der Waals surface area contributed by atoms with Crippen molar-refractivity contribution in [2.75, 3.05) is 17.2 Å². The predicted molar refractivity (Wildman–Crippen MR) is 106 cm³/mol. The molecule has 0 heterocycles. The number of amides is 2. The maximum absolute atomic E-state index is 12.2. The van der Waals surface area contributed by atoms with Crippen LogP contribution < -0.4 is 16.0 Å².